The van der Waals surface area contributed by atoms with Crippen molar-refractivity contribution >= 4 is 20.4 Å². The van der Waals surface area contributed by atoms with E-state index in [9.17, 15) is 4.89 Å². The first-order valence-corrected chi connectivity index (χ1v) is 14.1. The number of hydrogen-bond donors (Lipinski definition) is 1. The minimum Gasteiger partial charge on any atom is -0.371 e. The van der Waals surface area contributed by atoms with Crippen LogP contribution in [0.15, 0.2) is 12.2 Å². The molecule has 0 rings (SSSR count). The molecule has 6 heteroatoms. The smallest absolute Gasteiger partial charge is 0.330 e. The third-order valence-corrected chi connectivity index (χ3v) is 6.17. The van der Waals surface area contributed by atoms with E-state index < -0.39 is 8.60 Å². The van der Waals surface area contributed by atoms with Gasteiger partial charge in [0.25, 0.3) is 0 Å². The third-order valence-electron chi connectivity index (χ3n) is 4.62. The Morgan fingerprint density at radius 2 is 1.24 bits per heavy atom. The van der Waals surface area contributed by atoms with Gasteiger partial charge in [-0.3, -0.25) is 0 Å². The molecule has 0 saturated heterocycles. The maximum absolute atomic E-state index is 9.40. The summed E-state index contributed by atoms with van der Waals surface area (Å²) in [6.07, 6.45) is 24.2. The summed E-state index contributed by atoms with van der Waals surface area (Å²) in [7, 11) is -1.71. The van der Waals surface area contributed by atoms with Crippen LogP contribution in [-0.4, -0.2) is 30.0 Å². The summed E-state index contributed by atoms with van der Waals surface area (Å²) in [5, 5.41) is 0. The minimum atomic E-state index is -1.71. The first kappa shape index (κ1) is 29.4. The van der Waals surface area contributed by atoms with Crippen LogP contribution in [0.2, 0.25) is 0 Å². The van der Waals surface area contributed by atoms with E-state index in [0.717, 1.165) is 19.4 Å². The van der Waals surface area contributed by atoms with Gasteiger partial charge >= 0.3 is 8.60 Å². The molecule has 0 aliphatic rings. The van der Waals surface area contributed by atoms with Crippen LogP contribution in [0.4, 0.5) is 0 Å². The molecule has 0 spiro atoms. The number of allylic oxidation sites excluding steroid dienone is 2. The molecule has 29 heavy (non-hydrogen) atoms. The molecule has 1 N–H and O–H groups in total. The van der Waals surface area contributed by atoms with Gasteiger partial charge in [0, 0.05) is 6.61 Å². The van der Waals surface area contributed by atoms with Gasteiger partial charge in [-0.15, -0.1) is 11.8 Å². The Morgan fingerprint density at radius 1 is 0.655 bits per heavy atom. The summed E-state index contributed by atoms with van der Waals surface area (Å²) in [6.45, 7) is 5.63. The van der Waals surface area contributed by atoms with Crippen molar-refractivity contribution in [2.45, 2.75) is 110 Å². The van der Waals surface area contributed by atoms with E-state index in [0.29, 0.717) is 18.5 Å². The maximum atomic E-state index is 9.40. The third kappa shape index (κ3) is 26.3. The highest BCUT2D eigenvalue weighted by Gasteiger charge is 2.05. The average molecular weight is 451 g/mol. The lowest BCUT2D eigenvalue weighted by atomic mass is 10.1. The fourth-order valence-corrected chi connectivity index (χ4v) is 4.27. The molecule has 0 heterocycles. The van der Waals surface area contributed by atoms with Gasteiger partial charge < -0.3 is 18.7 Å². The van der Waals surface area contributed by atoms with E-state index in [1.165, 1.54) is 95.2 Å². The second-order valence-electron chi connectivity index (χ2n) is 7.49. The van der Waals surface area contributed by atoms with Crippen molar-refractivity contribution in [1.29, 1.82) is 0 Å². The first-order valence-electron chi connectivity index (χ1n) is 11.9. The Labute approximate surface area is 186 Å². The molecule has 1 unspecified atom stereocenters. The minimum absolute atomic E-state index is 0.416. The van der Waals surface area contributed by atoms with Crippen molar-refractivity contribution in [3.05, 3.63) is 12.2 Å². The molecule has 0 amide bonds. The molecule has 174 valence electrons. The first-order chi connectivity index (χ1) is 14.3. The van der Waals surface area contributed by atoms with Gasteiger partial charge in [0.15, 0.2) is 0 Å². The van der Waals surface area contributed by atoms with Crippen LogP contribution in [0.25, 0.3) is 0 Å². The SMILES string of the molecule is CCCCCCCC/C=C\CCCCCCCCOCSCOP(O)OCCC. The molecular weight excluding hydrogens is 403 g/mol. The fourth-order valence-electron chi connectivity index (χ4n) is 2.89. The van der Waals surface area contributed by atoms with E-state index in [1.54, 1.807) is 0 Å². The lowest BCUT2D eigenvalue weighted by Crippen LogP contribution is -1.96. The van der Waals surface area contributed by atoms with E-state index >= 15 is 0 Å². The van der Waals surface area contributed by atoms with Crippen LogP contribution in [0.1, 0.15) is 110 Å². The quantitative estimate of drug-likeness (QED) is 0.0693. The Morgan fingerprint density at radius 3 is 1.86 bits per heavy atom. The molecular formula is C23H47O4PS. The Kier molecular flexibility index (Phi) is 26.7. The van der Waals surface area contributed by atoms with Gasteiger partial charge in [-0.25, -0.2) is 0 Å². The predicted octanol–water partition coefficient (Wildman–Crippen LogP) is 8.35. The predicted molar refractivity (Wildman–Crippen MR) is 129 cm³/mol. The second-order valence-corrected chi connectivity index (χ2v) is 9.36. The van der Waals surface area contributed by atoms with E-state index in [-0.39, 0.29) is 0 Å². The van der Waals surface area contributed by atoms with Gasteiger partial charge in [-0.05, 0) is 38.5 Å². The van der Waals surface area contributed by atoms with Crippen molar-refractivity contribution in [2.24, 2.45) is 0 Å². The summed E-state index contributed by atoms with van der Waals surface area (Å²) in [4.78, 5) is 9.40. The zero-order valence-corrected chi connectivity index (χ0v) is 20.8. The summed E-state index contributed by atoms with van der Waals surface area (Å²) in [5.74, 6) is 1.03. The van der Waals surface area contributed by atoms with Gasteiger partial charge in [0.2, 0.25) is 0 Å². The molecule has 0 aromatic rings. The fraction of sp³-hybridized carbons (Fsp3) is 0.913. The van der Waals surface area contributed by atoms with Crippen LogP contribution in [0.3, 0.4) is 0 Å². The van der Waals surface area contributed by atoms with Gasteiger partial charge in [-0.2, -0.15) is 0 Å². The molecule has 0 saturated carbocycles. The standard InChI is InChI=1S/C23H47O4PS/c1-3-5-6-7-8-9-10-11-12-13-14-15-16-17-18-19-21-25-22-29-23-27-28(24)26-20-4-2/h11-12,24H,3-10,13-23H2,1-2H3/b12-11-. The molecule has 0 radical (unpaired) electrons. The number of rotatable bonds is 24. The number of hydrogen-bond acceptors (Lipinski definition) is 5. The summed E-state index contributed by atoms with van der Waals surface area (Å²) >= 11 is 1.53. The van der Waals surface area contributed by atoms with Crippen LogP contribution in [-0.2, 0) is 13.8 Å². The lowest BCUT2D eigenvalue weighted by molar-refractivity contribution is 0.175. The highest BCUT2D eigenvalue weighted by molar-refractivity contribution is 7.99. The van der Waals surface area contributed by atoms with Crippen molar-refractivity contribution < 1.29 is 18.7 Å². The molecule has 0 aromatic heterocycles. The van der Waals surface area contributed by atoms with E-state index in [1.807, 2.05) is 6.92 Å². The monoisotopic (exact) mass is 450 g/mol. The van der Waals surface area contributed by atoms with E-state index in [2.05, 4.69) is 19.1 Å². The number of thioether (sulfide) groups is 1. The maximum Gasteiger partial charge on any atom is 0.330 e. The van der Waals surface area contributed by atoms with Crippen LogP contribution in [0.5, 0.6) is 0 Å². The van der Waals surface area contributed by atoms with Crippen LogP contribution in [0, 0.1) is 0 Å². The Bertz CT molecular complexity index is 332. The van der Waals surface area contributed by atoms with Crippen molar-refractivity contribution in [3.8, 4) is 0 Å². The van der Waals surface area contributed by atoms with Crippen LogP contribution < -0.4 is 0 Å². The highest BCUT2D eigenvalue weighted by Crippen LogP contribution is 2.33. The molecule has 0 bridgehead atoms. The zero-order chi connectivity index (χ0) is 21.3. The summed E-state index contributed by atoms with van der Waals surface area (Å²) < 4.78 is 15.8. The van der Waals surface area contributed by atoms with Gasteiger partial charge in [0.1, 0.15) is 5.94 Å². The van der Waals surface area contributed by atoms with Crippen molar-refractivity contribution in [1.82, 2.24) is 0 Å². The molecule has 4 nitrogen and oxygen atoms in total. The van der Waals surface area contributed by atoms with Crippen molar-refractivity contribution in [3.63, 3.8) is 0 Å². The van der Waals surface area contributed by atoms with E-state index in [4.69, 9.17) is 13.8 Å². The second kappa shape index (κ2) is 26.4. The summed E-state index contributed by atoms with van der Waals surface area (Å²) in [5.41, 5.74) is 0. The van der Waals surface area contributed by atoms with Gasteiger partial charge in [-0.1, -0.05) is 83.8 Å². The topological polar surface area (TPSA) is 47.9 Å². The summed E-state index contributed by atoms with van der Waals surface area (Å²) in [6, 6.07) is 0. The molecule has 1 atom stereocenters. The van der Waals surface area contributed by atoms with Crippen molar-refractivity contribution in [2.75, 3.05) is 25.1 Å². The Balaban J connectivity index is 3.10. The molecule has 0 aliphatic heterocycles. The molecule has 0 aliphatic carbocycles. The highest BCUT2D eigenvalue weighted by atomic mass is 32.2. The zero-order valence-electron chi connectivity index (χ0n) is 19.1. The largest absolute Gasteiger partial charge is 0.371 e. The molecule has 0 fully saturated rings. The lowest BCUT2D eigenvalue weighted by Gasteiger charge is -2.09. The number of ether oxygens (including phenoxy) is 1. The average Bonchev–Trinajstić information content (AvgIpc) is 2.73. The number of unbranched alkanes of at least 4 members (excludes halogenated alkanes) is 12. The normalized spacial score (nSPS) is 12.8. The van der Waals surface area contributed by atoms with Gasteiger partial charge in [0.05, 0.1) is 12.5 Å². The van der Waals surface area contributed by atoms with Crippen LogP contribution >= 0.6 is 20.4 Å². The molecule has 0 aromatic carbocycles. The Hall–Kier alpha value is 0.360.